The van der Waals surface area contributed by atoms with Crippen molar-refractivity contribution in [3.63, 3.8) is 0 Å². The van der Waals surface area contributed by atoms with Crippen molar-refractivity contribution < 1.29 is 22.7 Å². The fraction of sp³-hybridized carbons (Fsp3) is 0.375. The van der Waals surface area contributed by atoms with Crippen molar-refractivity contribution >= 4 is 27.5 Å². The Morgan fingerprint density at radius 2 is 1.51 bits per heavy atom. The van der Waals surface area contributed by atoms with Crippen LogP contribution in [0.15, 0.2) is 78.9 Å². The molecule has 9 heteroatoms. The molecule has 3 aromatic carbocycles. The van der Waals surface area contributed by atoms with Crippen LogP contribution in [-0.2, 0) is 32.5 Å². The van der Waals surface area contributed by atoms with Crippen molar-refractivity contribution in [1.82, 2.24) is 10.0 Å². The molecule has 0 spiro atoms. The van der Waals surface area contributed by atoms with Crippen LogP contribution < -0.4 is 19.7 Å². The molecule has 1 unspecified atom stereocenters. The SMILES string of the molecule is CC(C)(Oc1ccc(CC(=O)NC(Cc2ccccc2)c2ccccc2N2CCCCC2)cc1)C(=O)NS(C)(=O)=O. The fourth-order valence-corrected chi connectivity index (χ4v) is 5.61. The highest BCUT2D eigenvalue weighted by Gasteiger charge is 2.32. The number of anilines is 1. The predicted octanol–water partition coefficient (Wildman–Crippen LogP) is 4.55. The summed E-state index contributed by atoms with van der Waals surface area (Å²) in [5, 5.41) is 3.29. The van der Waals surface area contributed by atoms with Crippen molar-refractivity contribution in [1.29, 1.82) is 0 Å². The minimum Gasteiger partial charge on any atom is -0.478 e. The highest BCUT2D eigenvalue weighted by Crippen LogP contribution is 2.31. The maximum absolute atomic E-state index is 13.3. The third-order valence-electron chi connectivity index (χ3n) is 7.11. The van der Waals surface area contributed by atoms with Gasteiger partial charge in [-0.15, -0.1) is 0 Å². The lowest BCUT2D eigenvalue weighted by molar-refractivity contribution is -0.132. The number of hydrogen-bond donors (Lipinski definition) is 2. The first-order valence-corrected chi connectivity index (χ1v) is 15.9. The summed E-state index contributed by atoms with van der Waals surface area (Å²) < 4.78 is 30.5. The largest absolute Gasteiger partial charge is 0.478 e. The number of ether oxygens (including phenoxy) is 1. The molecule has 2 N–H and O–H groups in total. The van der Waals surface area contributed by atoms with Crippen molar-refractivity contribution in [3.05, 3.63) is 95.6 Å². The Morgan fingerprint density at radius 3 is 2.17 bits per heavy atom. The van der Waals surface area contributed by atoms with Crippen LogP contribution in [0.1, 0.15) is 55.8 Å². The van der Waals surface area contributed by atoms with Crippen molar-refractivity contribution in [2.45, 2.75) is 57.6 Å². The molecule has 41 heavy (non-hydrogen) atoms. The summed E-state index contributed by atoms with van der Waals surface area (Å²) in [6, 6.07) is 25.2. The number of hydrogen-bond acceptors (Lipinski definition) is 6. The van der Waals surface area contributed by atoms with E-state index in [9.17, 15) is 18.0 Å². The second kappa shape index (κ2) is 13.2. The summed E-state index contributed by atoms with van der Waals surface area (Å²) in [5.74, 6) is -0.473. The van der Waals surface area contributed by atoms with Gasteiger partial charge in [-0.2, -0.15) is 0 Å². The number of rotatable bonds is 11. The number of sulfonamides is 1. The van der Waals surface area contributed by atoms with Gasteiger partial charge in [-0.05, 0) is 74.4 Å². The van der Waals surface area contributed by atoms with Crippen molar-refractivity contribution in [3.8, 4) is 5.75 Å². The lowest BCUT2D eigenvalue weighted by Gasteiger charge is -2.33. The van der Waals surface area contributed by atoms with Gasteiger partial charge in [-0.1, -0.05) is 60.7 Å². The molecule has 218 valence electrons. The van der Waals surface area contributed by atoms with Crippen LogP contribution in [-0.4, -0.2) is 45.2 Å². The minimum atomic E-state index is -3.71. The summed E-state index contributed by atoms with van der Waals surface area (Å²) in [4.78, 5) is 28.1. The second-order valence-electron chi connectivity index (χ2n) is 11.1. The zero-order valence-electron chi connectivity index (χ0n) is 23.9. The van der Waals surface area contributed by atoms with E-state index in [-0.39, 0.29) is 18.4 Å². The van der Waals surface area contributed by atoms with Crippen LogP contribution in [0.3, 0.4) is 0 Å². The number of para-hydroxylation sites is 1. The Morgan fingerprint density at radius 1 is 0.878 bits per heavy atom. The monoisotopic (exact) mass is 577 g/mol. The Labute approximate surface area is 243 Å². The van der Waals surface area contributed by atoms with Crippen LogP contribution in [0, 0.1) is 0 Å². The lowest BCUT2D eigenvalue weighted by atomic mass is 9.95. The topological polar surface area (TPSA) is 105 Å². The molecule has 1 saturated heterocycles. The molecule has 1 heterocycles. The number of piperidine rings is 1. The zero-order valence-corrected chi connectivity index (χ0v) is 24.7. The van der Waals surface area contributed by atoms with E-state index in [1.807, 2.05) is 29.0 Å². The summed E-state index contributed by atoms with van der Waals surface area (Å²) in [5.41, 5.74) is 2.82. The first kappa shape index (κ1) is 30.1. The van der Waals surface area contributed by atoms with E-state index in [4.69, 9.17) is 4.74 Å². The van der Waals surface area contributed by atoms with Gasteiger partial charge in [-0.25, -0.2) is 13.1 Å². The molecule has 0 radical (unpaired) electrons. The molecule has 8 nitrogen and oxygen atoms in total. The highest BCUT2D eigenvalue weighted by molar-refractivity contribution is 7.89. The molecule has 0 bridgehead atoms. The van der Waals surface area contributed by atoms with Gasteiger partial charge >= 0.3 is 0 Å². The Kier molecular flexibility index (Phi) is 9.70. The van der Waals surface area contributed by atoms with Gasteiger partial charge < -0.3 is 15.0 Å². The first-order chi connectivity index (χ1) is 19.5. The number of benzene rings is 3. The second-order valence-corrected chi connectivity index (χ2v) is 12.8. The molecule has 1 aliphatic heterocycles. The third-order valence-corrected chi connectivity index (χ3v) is 7.67. The van der Waals surface area contributed by atoms with Gasteiger partial charge in [0.15, 0.2) is 5.60 Å². The molecule has 0 aromatic heterocycles. The van der Waals surface area contributed by atoms with Crippen LogP contribution in [0.4, 0.5) is 5.69 Å². The van der Waals surface area contributed by atoms with Gasteiger partial charge in [-0.3, -0.25) is 9.59 Å². The molecule has 2 amide bonds. The summed E-state index contributed by atoms with van der Waals surface area (Å²) in [7, 11) is -3.71. The molecule has 1 fully saturated rings. The Bertz CT molecular complexity index is 1430. The molecular formula is C32H39N3O5S. The molecule has 1 aliphatic rings. The average molecular weight is 578 g/mol. The van der Waals surface area contributed by atoms with Gasteiger partial charge in [0.1, 0.15) is 5.75 Å². The van der Waals surface area contributed by atoms with Crippen LogP contribution >= 0.6 is 0 Å². The molecular weight excluding hydrogens is 538 g/mol. The van der Waals surface area contributed by atoms with E-state index in [0.717, 1.165) is 36.0 Å². The maximum Gasteiger partial charge on any atom is 0.277 e. The standard InChI is InChI=1S/C32H39N3O5S/c1-32(2,31(37)34-41(3,38)39)40-26-18-16-25(17-19-26)23-30(36)33-28(22-24-12-6-4-7-13-24)27-14-8-9-15-29(27)35-20-10-5-11-21-35/h4,6-9,12-19,28H,5,10-11,20-23H2,1-3H3,(H,33,36)(H,34,37). The Balaban J connectivity index is 1.47. The predicted molar refractivity (Wildman–Crippen MR) is 161 cm³/mol. The van der Waals surface area contributed by atoms with Crippen molar-refractivity contribution in [2.75, 3.05) is 24.2 Å². The van der Waals surface area contributed by atoms with Gasteiger partial charge in [0.2, 0.25) is 15.9 Å². The number of carbonyl (C=O) groups excluding carboxylic acids is 2. The highest BCUT2D eigenvalue weighted by atomic mass is 32.2. The normalized spacial score (nSPS) is 14.7. The summed E-state index contributed by atoms with van der Waals surface area (Å²) in [6.07, 6.45) is 5.35. The maximum atomic E-state index is 13.3. The number of carbonyl (C=O) groups is 2. The third kappa shape index (κ3) is 8.82. The molecule has 0 aliphatic carbocycles. The van der Waals surface area contributed by atoms with E-state index in [1.54, 1.807) is 24.3 Å². The van der Waals surface area contributed by atoms with E-state index in [0.29, 0.717) is 12.2 Å². The minimum absolute atomic E-state index is 0.0964. The quantitative estimate of drug-likeness (QED) is 0.347. The number of amides is 2. The fourth-order valence-electron chi connectivity index (χ4n) is 5.03. The van der Waals surface area contributed by atoms with E-state index >= 15 is 0 Å². The molecule has 4 rings (SSSR count). The van der Waals surface area contributed by atoms with E-state index in [2.05, 4.69) is 40.5 Å². The number of nitrogens with one attached hydrogen (secondary N) is 2. The average Bonchev–Trinajstić information content (AvgIpc) is 2.94. The van der Waals surface area contributed by atoms with Crippen molar-refractivity contribution in [2.24, 2.45) is 0 Å². The van der Waals surface area contributed by atoms with Gasteiger partial charge in [0.05, 0.1) is 18.7 Å². The zero-order chi connectivity index (χ0) is 29.5. The summed E-state index contributed by atoms with van der Waals surface area (Å²) >= 11 is 0. The van der Waals surface area contributed by atoms with E-state index in [1.165, 1.54) is 38.8 Å². The molecule has 3 aromatic rings. The van der Waals surface area contributed by atoms with Gasteiger partial charge in [0.25, 0.3) is 5.91 Å². The van der Waals surface area contributed by atoms with Gasteiger partial charge in [0, 0.05) is 18.8 Å². The Hall–Kier alpha value is -3.85. The number of nitrogens with zero attached hydrogens (tertiary/aromatic N) is 1. The summed E-state index contributed by atoms with van der Waals surface area (Å²) in [6.45, 7) is 5.02. The molecule has 1 atom stereocenters. The molecule has 0 saturated carbocycles. The van der Waals surface area contributed by atoms with Crippen LogP contribution in [0.5, 0.6) is 5.75 Å². The van der Waals surface area contributed by atoms with Crippen LogP contribution in [0.2, 0.25) is 0 Å². The van der Waals surface area contributed by atoms with E-state index < -0.39 is 21.5 Å². The first-order valence-electron chi connectivity index (χ1n) is 14.0. The lowest BCUT2D eigenvalue weighted by Crippen LogP contribution is -2.48. The smallest absolute Gasteiger partial charge is 0.277 e. The van der Waals surface area contributed by atoms with Crippen LogP contribution in [0.25, 0.3) is 0 Å².